The van der Waals surface area contributed by atoms with Crippen LogP contribution in [0.1, 0.15) is 21.5 Å². The molecule has 0 aliphatic rings. The highest BCUT2D eigenvalue weighted by molar-refractivity contribution is 6.30. The first-order valence-electron chi connectivity index (χ1n) is 8.21. The lowest BCUT2D eigenvalue weighted by atomic mass is 10.1. The van der Waals surface area contributed by atoms with Crippen molar-refractivity contribution in [2.75, 3.05) is 27.2 Å². The van der Waals surface area contributed by atoms with Crippen molar-refractivity contribution in [1.82, 2.24) is 9.80 Å². The van der Waals surface area contributed by atoms with Gasteiger partial charge in [-0.3, -0.25) is 14.9 Å². The van der Waals surface area contributed by atoms with Crippen molar-refractivity contribution in [3.63, 3.8) is 0 Å². The fourth-order valence-electron chi connectivity index (χ4n) is 2.60. The number of nitro benzene ring substituents is 1. The van der Waals surface area contributed by atoms with Crippen LogP contribution in [0, 0.1) is 17.0 Å². The first-order chi connectivity index (χ1) is 12.3. The maximum atomic E-state index is 13.0. The van der Waals surface area contributed by atoms with Crippen LogP contribution >= 0.6 is 11.6 Å². The summed E-state index contributed by atoms with van der Waals surface area (Å²) < 4.78 is 0. The molecule has 0 aliphatic carbocycles. The van der Waals surface area contributed by atoms with Crippen LogP contribution in [0.15, 0.2) is 42.5 Å². The molecule has 2 rings (SSSR count). The Bertz CT molecular complexity index is 808. The van der Waals surface area contributed by atoms with Crippen LogP contribution in [0.5, 0.6) is 0 Å². The number of nitrogens with zero attached hydrogens (tertiary/aromatic N) is 3. The predicted molar refractivity (Wildman–Crippen MR) is 103 cm³/mol. The van der Waals surface area contributed by atoms with E-state index in [1.807, 2.05) is 37.2 Å². The highest BCUT2D eigenvalue weighted by Crippen LogP contribution is 2.21. The molecule has 0 heterocycles. The number of hydrogen-bond donors (Lipinski definition) is 0. The number of nitro groups is 1. The molecule has 0 unspecified atom stereocenters. The minimum absolute atomic E-state index is 0.0104. The van der Waals surface area contributed by atoms with Crippen LogP contribution in [0.25, 0.3) is 0 Å². The molecule has 0 fully saturated rings. The largest absolute Gasteiger partial charge is 0.333 e. The van der Waals surface area contributed by atoms with E-state index in [1.165, 1.54) is 12.1 Å². The molecule has 0 atom stereocenters. The smallest absolute Gasteiger partial charge is 0.272 e. The third-order valence-electron chi connectivity index (χ3n) is 4.01. The number of aryl methyl sites for hydroxylation is 1. The zero-order chi connectivity index (χ0) is 19.3. The molecular weight excluding hydrogens is 354 g/mol. The van der Waals surface area contributed by atoms with Crippen LogP contribution < -0.4 is 0 Å². The van der Waals surface area contributed by atoms with Gasteiger partial charge in [0.2, 0.25) is 0 Å². The van der Waals surface area contributed by atoms with Gasteiger partial charge < -0.3 is 9.80 Å². The number of carbonyl (C=O) groups is 1. The summed E-state index contributed by atoms with van der Waals surface area (Å²) in [4.78, 5) is 27.2. The predicted octanol–water partition coefficient (Wildman–Crippen LogP) is 3.76. The van der Waals surface area contributed by atoms with Crippen molar-refractivity contribution in [2.45, 2.75) is 13.5 Å². The Morgan fingerprint density at radius 3 is 2.46 bits per heavy atom. The standard InChI is InChI=1S/C19H22ClN3O3/c1-14-11-16(7-8-18(14)23(25)26)19(24)22(10-9-21(2)3)13-15-5-4-6-17(20)12-15/h4-8,11-12H,9-10,13H2,1-3H3. The highest BCUT2D eigenvalue weighted by Gasteiger charge is 2.19. The Balaban J connectivity index is 2.27. The van der Waals surface area contributed by atoms with E-state index in [-0.39, 0.29) is 11.6 Å². The summed E-state index contributed by atoms with van der Waals surface area (Å²) in [6, 6.07) is 11.8. The molecular formula is C19H22ClN3O3. The maximum Gasteiger partial charge on any atom is 0.272 e. The third kappa shape index (κ3) is 5.28. The van der Waals surface area contributed by atoms with Gasteiger partial charge in [-0.2, -0.15) is 0 Å². The van der Waals surface area contributed by atoms with Crippen LogP contribution in [0.3, 0.4) is 0 Å². The van der Waals surface area contributed by atoms with Crippen LogP contribution in [0.4, 0.5) is 5.69 Å². The summed E-state index contributed by atoms with van der Waals surface area (Å²) in [5.41, 5.74) is 1.85. The van der Waals surface area contributed by atoms with Gasteiger partial charge in [-0.25, -0.2) is 0 Å². The summed E-state index contributed by atoms with van der Waals surface area (Å²) >= 11 is 6.04. The number of carbonyl (C=O) groups excluding carboxylic acids is 1. The van der Waals surface area contributed by atoms with E-state index in [2.05, 4.69) is 0 Å². The molecule has 6 nitrogen and oxygen atoms in total. The van der Waals surface area contributed by atoms with Gasteiger partial charge in [0, 0.05) is 41.9 Å². The average Bonchev–Trinajstić information content (AvgIpc) is 2.57. The van der Waals surface area contributed by atoms with Gasteiger partial charge in [-0.15, -0.1) is 0 Å². The number of hydrogen-bond acceptors (Lipinski definition) is 4. The van der Waals surface area contributed by atoms with Crippen LogP contribution in [0.2, 0.25) is 5.02 Å². The van der Waals surface area contributed by atoms with Gasteiger partial charge in [0.15, 0.2) is 0 Å². The van der Waals surface area contributed by atoms with Crippen molar-refractivity contribution < 1.29 is 9.72 Å². The molecule has 0 bridgehead atoms. The zero-order valence-corrected chi connectivity index (χ0v) is 15.9. The summed E-state index contributed by atoms with van der Waals surface area (Å²) in [7, 11) is 3.89. The number of halogens is 1. The fraction of sp³-hybridized carbons (Fsp3) is 0.316. The molecule has 26 heavy (non-hydrogen) atoms. The van der Waals surface area contributed by atoms with Gasteiger partial charge in [0.1, 0.15) is 0 Å². The second-order valence-corrected chi connectivity index (χ2v) is 6.85. The Morgan fingerprint density at radius 1 is 1.15 bits per heavy atom. The molecule has 0 saturated carbocycles. The SMILES string of the molecule is Cc1cc(C(=O)N(CCN(C)C)Cc2cccc(Cl)c2)ccc1[N+](=O)[O-]. The first kappa shape index (κ1) is 19.9. The molecule has 0 radical (unpaired) electrons. The average molecular weight is 376 g/mol. The van der Waals surface area contributed by atoms with Gasteiger partial charge in [0.05, 0.1) is 4.92 Å². The Kier molecular flexibility index (Phi) is 6.71. The first-order valence-corrected chi connectivity index (χ1v) is 8.59. The zero-order valence-electron chi connectivity index (χ0n) is 15.1. The lowest BCUT2D eigenvalue weighted by Gasteiger charge is -2.25. The molecule has 7 heteroatoms. The van der Waals surface area contributed by atoms with Gasteiger partial charge in [-0.05, 0) is 50.8 Å². The fourth-order valence-corrected chi connectivity index (χ4v) is 2.82. The van der Waals surface area contributed by atoms with Crippen LogP contribution in [-0.2, 0) is 6.54 Å². The third-order valence-corrected chi connectivity index (χ3v) is 4.24. The molecule has 0 saturated heterocycles. The van der Waals surface area contributed by atoms with Crippen molar-refractivity contribution in [3.05, 3.63) is 74.3 Å². The van der Waals surface area contributed by atoms with Gasteiger partial charge in [0.25, 0.3) is 11.6 Å². The van der Waals surface area contributed by atoms with E-state index in [9.17, 15) is 14.9 Å². The minimum Gasteiger partial charge on any atom is -0.333 e. The van der Waals surface area contributed by atoms with Gasteiger partial charge in [-0.1, -0.05) is 23.7 Å². The second kappa shape index (κ2) is 8.78. The summed E-state index contributed by atoms with van der Waals surface area (Å²) in [5.74, 6) is -0.162. The van der Waals surface area contributed by atoms with E-state index in [4.69, 9.17) is 11.6 Å². The summed E-state index contributed by atoms with van der Waals surface area (Å²) in [6.07, 6.45) is 0. The molecule has 0 spiro atoms. The topological polar surface area (TPSA) is 66.7 Å². The molecule has 2 aromatic carbocycles. The van der Waals surface area contributed by atoms with Crippen molar-refractivity contribution in [2.24, 2.45) is 0 Å². The van der Waals surface area contributed by atoms with E-state index in [1.54, 1.807) is 24.0 Å². The molecule has 0 aromatic heterocycles. The van der Waals surface area contributed by atoms with E-state index in [0.717, 1.165) is 5.56 Å². The Labute approximate surface area is 158 Å². The van der Waals surface area contributed by atoms with Crippen molar-refractivity contribution >= 4 is 23.2 Å². The number of amides is 1. The lowest BCUT2D eigenvalue weighted by molar-refractivity contribution is -0.385. The number of rotatable bonds is 7. The molecule has 2 aromatic rings. The van der Waals surface area contributed by atoms with E-state index < -0.39 is 4.92 Å². The highest BCUT2D eigenvalue weighted by atomic mass is 35.5. The quantitative estimate of drug-likeness (QED) is 0.546. The summed E-state index contributed by atoms with van der Waals surface area (Å²) in [6.45, 7) is 3.30. The molecule has 0 N–H and O–H groups in total. The maximum absolute atomic E-state index is 13.0. The van der Waals surface area contributed by atoms with E-state index >= 15 is 0 Å². The number of likely N-dealkylation sites (N-methyl/N-ethyl adjacent to an activating group) is 1. The van der Waals surface area contributed by atoms with Crippen molar-refractivity contribution in [3.8, 4) is 0 Å². The second-order valence-electron chi connectivity index (χ2n) is 6.42. The molecule has 0 aliphatic heterocycles. The van der Waals surface area contributed by atoms with E-state index in [0.29, 0.717) is 35.8 Å². The molecule has 138 valence electrons. The number of benzene rings is 2. The van der Waals surface area contributed by atoms with Crippen LogP contribution in [-0.4, -0.2) is 47.8 Å². The summed E-state index contributed by atoms with van der Waals surface area (Å²) in [5, 5.41) is 11.6. The van der Waals surface area contributed by atoms with Gasteiger partial charge >= 0.3 is 0 Å². The lowest BCUT2D eigenvalue weighted by Crippen LogP contribution is -2.36. The monoisotopic (exact) mass is 375 g/mol. The van der Waals surface area contributed by atoms with Crippen molar-refractivity contribution in [1.29, 1.82) is 0 Å². The molecule has 1 amide bonds. The Hall–Kier alpha value is -2.44. The Morgan fingerprint density at radius 2 is 1.88 bits per heavy atom. The normalized spacial score (nSPS) is 10.8. The minimum atomic E-state index is -0.445.